The van der Waals surface area contributed by atoms with E-state index in [9.17, 15) is 4.79 Å². The molecular weight excluding hydrogens is 410 g/mol. The van der Waals surface area contributed by atoms with E-state index in [1.54, 1.807) is 0 Å². The summed E-state index contributed by atoms with van der Waals surface area (Å²) in [6.07, 6.45) is 2.16. The summed E-state index contributed by atoms with van der Waals surface area (Å²) in [4.78, 5) is 18.0. The van der Waals surface area contributed by atoms with Crippen LogP contribution >= 0.6 is 11.8 Å². The minimum absolute atomic E-state index is 0.250. The van der Waals surface area contributed by atoms with Crippen LogP contribution in [0.15, 0.2) is 66.9 Å². The number of ether oxygens (including phenoxy) is 1. The largest absolute Gasteiger partial charge is 0.480 e. The smallest absolute Gasteiger partial charge is 0.320 e. The molecule has 0 radical (unpaired) electrons. The van der Waals surface area contributed by atoms with Crippen LogP contribution in [0.3, 0.4) is 0 Å². The van der Waals surface area contributed by atoms with Crippen molar-refractivity contribution in [2.75, 3.05) is 29.5 Å². The van der Waals surface area contributed by atoms with Crippen molar-refractivity contribution in [2.45, 2.75) is 12.5 Å². The van der Waals surface area contributed by atoms with Gasteiger partial charge in [0, 0.05) is 36.4 Å². The van der Waals surface area contributed by atoms with E-state index in [2.05, 4.69) is 22.0 Å². The lowest BCUT2D eigenvalue weighted by molar-refractivity contribution is -0.138. The third kappa shape index (κ3) is 5.57. The maximum Gasteiger partial charge on any atom is 0.320 e. The molecule has 3 N–H and O–H groups in total. The summed E-state index contributed by atoms with van der Waals surface area (Å²) in [5.41, 5.74) is 8.51. The first-order valence-electron chi connectivity index (χ1n) is 10.2. The van der Waals surface area contributed by atoms with Gasteiger partial charge in [-0.15, -0.1) is 0 Å². The van der Waals surface area contributed by atoms with Gasteiger partial charge < -0.3 is 20.5 Å². The number of pyridine rings is 1. The lowest BCUT2D eigenvalue weighted by Crippen LogP contribution is -2.32. The van der Waals surface area contributed by atoms with Crippen LogP contribution in [0.2, 0.25) is 0 Å². The Labute approximate surface area is 186 Å². The average molecular weight is 436 g/mol. The van der Waals surface area contributed by atoms with Gasteiger partial charge >= 0.3 is 5.97 Å². The minimum atomic E-state index is -1.02. The van der Waals surface area contributed by atoms with Gasteiger partial charge in [-0.1, -0.05) is 24.3 Å². The Morgan fingerprint density at radius 1 is 1.06 bits per heavy atom. The summed E-state index contributed by atoms with van der Waals surface area (Å²) >= 11 is 1.98. The molecule has 1 aliphatic rings. The van der Waals surface area contributed by atoms with Crippen molar-refractivity contribution in [1.29, 1.82) is 0 Å². The molecule has 0 saturated carbocycles. The zero-order valence-electron chi connectivity index (χ0n) is 17.1. The van der Waals surface area contributed by atoms with E-state index in [-0.39, 0.29) is 6.42 Å². The molecule has 4 rings (SSSR count). The minimum Gasteiger partial charge on any atom is -0.480 e. The van der Waals surface area contributed by atoms with Crippen LogP contribution in [-0.2, 0) is 11.2 Å². The normalized spacial score (nSPS) is 14.8. The van der Waals surface area contributed by atoms with Crippen molar-refractivity contribution in [3.8, 4) is 22.6 Å². The summed E-state index contributed by atoms with van der Waals surface area (Å²) in [5, 5.41) is 9.01. The number of hydrogen-bond acceptors (Lipinski definition) is 6. The first kappa shape index (κ1) is 21.2. The molecule has 0 aliphatic carbocycles. The molecule has 2 aromatic carbocycles. The van der Waals surface area contributed by atoms with Gasteiger partial charge in [-0.2, -0.15) is 11.8 Å². The van der Waals surface area contributed by atoms with E-state index in [0.29, 0.717) is 11.5 Å². The zero-order chi connectivity index (χ0) is 21.6. The average Bonchev–Trinajstić information content (AvgIpc) is 2.80. The van der Waals surface area contributed by atoms with Crippen LogP contribution < -0.4 is 15.4 Å². The fourth-order valence-electron chi connectivity index (χ4n) is 3.49. The Morgan fingerprint density at radius 3 is 2.52 bits per heavy atom. The highest BCUT2D eigenvalue weighted by Gasteiger charge is 2.13. The number of carboxylic acid groups (broad SMARTS) is 1. The van der Waals surface area contributed by atoms with Gasteiger partial charge in [0.25, 0.3) is 0 Å². The third-order valence-electron chi connectivity index (χ3n) is 5.16. The summed E-state index contributed by atoms with van der Waals surface area (Å²) in [7, 11) is 0. The molecule has 3 aromatic rings. The molecule has 1 aromatic heterocycles. The van der Waals surface area contributed by atoms with E-state index >= 15 is 0 Å². The summed E-state index contributed by atoms with van der Waals surface area (Å²) in [6, 6.07) is 18.4. The molecule has 0 bridgehead atoms. The molecule has 7 heteroatoms. The van der Waals surface area contributed by atoms with E-state index in [0.717, 1.165) is 47.1 Å². The van der Waals surface area contributed by atoms with Gasteiger partial charge in [0.2, 0.25) is 0 Å². The molecule has 6 nitrogen and oxygen atoms in total. The Hall–Kier alpha value is -3.03. The molecule has 31 heavy (non-hydrogen) atoms. The predicted octanol–water partition coefficient (Wildman–Crippen LogP) is 4.05. The Kier molecular flexibility index (Phi) is 6.74. The Bertz CT molecular complexity index is 1040. The second-order valence-electron chi connectivity index (χ2n) is 7.43. The molecule has 1 aliphatic heterocycles. The van der Waals surface area contributed by atoms with E-state index in [4.69, 9.17) is 15.6 Å². The number of rotatable bonds is 7. The molecular formula is C24H25N3O3S. The Balaban J connectivity index is 1.47. The van der Waals surface area contributed by atoms with Crippen LogP contribution in [0.5, 0.6) is 11.5 Å². The second kappa shape index (κ2) is 9.85. The fraction of sp³-hybridized carbons (Fsp3) is 0.250. The highest BCUT2D eigenvalue weighted by Crippen LogP contribution is 2.29. The molecule has 0 spiro atoms. The zero-order valence-corrected chi connectivity index (χ0v) is 17.9. The third-order valence-corrected chi connectivity index (χ3v) is 6.10. The highest BCUT2D eigenvalue weighted by atomic mass is 32.2. The van der Waals surface area contributed by atoms with Crippen LogP contribution in [0, 0.1) is 0 Å². The maximum absolute atomic E-state index is 11.0. The highest BCUT2D eigenvalue weighted by molar-refractivity contribution is 7.99. The maximum atomic E-state index is 11.0. The molecule has 2 heterocycles. The molecule has 160 valence electrons. The van der Waals surface area contributed by atoms with Gasteiger partial charge in [-0.3, -0.25) is 4.79 Å². The SMILES string of the molecule is NC(Cc1cccc(Oc2cccc(-c3ccc(N4CCSCC4)nc3)c2)c1)C(=O)O. The first-order chi connectivity index (χ1) is 15.1. The molecule has 1 fully saturated rings. The Morgan fingerprint density at radius 2 is 1.81 bits per heavy atom. The summed E-state index contributed by atoms with van der Waals surface area (Å²) in [5.74, 6) is 3.64. The summed E-state index contributed by atoms with van der Waals surface area (Å²) in [6.45, 7) is 2.08. The van der Waals surface area contributed by atoms with Gasteiger partial charge in [-0.25, -0.2) is 4.98 Å². The van der Waals surface area contributed by atoms with Crippen molar-refractivity contribution < 1.29 is 14.6 Å². The standard InChI is InChI=1S/C24H25N3O3S/c25-22(24(28)29)14-17-3-1-5-20(13-17)30-21-6-2-4-18(15-21)19-7-8-23(26-16-19)27-9-11-31-12-10-27/h1-8,13,15-16,22H,9-12,14,25H2,(H,28,29). The van der Waals surface area contributed by atoms with Crippen molar-refractivity contribution in [2.24, 2.45) is 5.73 Å². The number of aliphatic carboxylic acids is 1. The summed E-state index contributed by atoms with van der Waals surface area (Å²) < 4.78 is 6.02. The quantitative estimate of drug-likeness (QED) is 0.579. The first-order valence-corrected chi connectivity index (χ1v) is 11.4. The van der Waals surface area contributed by atoms with Crippen molar-refractivity contribution >= 4 is 23.5 Å². The van der Waals surface area contributed by atoms with E-state index < -0.39 is 12.0 Å². The van der Waals surface area contributed by atoms with Crippen LogP contribution in [0.25, 0.3) is 11.1 Å². The monoisotopic (exact) mass is 435 g/mol. The van der Waals surface area contributed by atoms with Crippen molar-refractivity contribution in [3.05, 3.63) is 72.4 Å². The van der Waals surface area contributed by atoms with E-state index in [1.807, 2.05) is 66.5 Å². The van der Waals surface area contributed by atoms with Crippen LogP contribution in [-0.4, -0.2) is 46.7 Å². The molecule has 0 amide bonds. The van der Waals surface area contributed by atoms with Crippen LogP contribution in [0.1, 0.15) is 5.56 Å². The van der Waals surface area contributed by atoms with Crippen molar-refractivity contribution in [3.63, 3.8) is 0 Å². The lowest BCUT2D eigenvalue weighted by atomic mass is 10.1. The molecule has 1 unspecified atom stereocenters. The van der Waals surface area contributed by atoms with Crippen molar-refractivity contribution in [1.82, 2.24) is 4.98 Å². The number of anilines is 1. The number of nitrogens with two attached hydrogens (primary N) is 1. The number of hydrogen-bond donors (Lipinski definition) is 2. The topological polar surface area (TPSA) is 88.7 Å². The number of benzene rings is 2. The fourth-order valence-corrected chi connectivity index (χ4v) is 4.39. The van der Waals surface area contributed by atoms with Gasteiger partial charge in [-0.05, 0) is 53.9 Å². The van der Waals surface area contributed by atoms with Crippen LogP contribution in [0.4, 0.5) is 5.82 Å². The number of thioether (sulfide) groups is 1. The molecule has 1 saturated heterocycles. The van der Waals surface area contributed by atoms with E-state index in [1.165, 1.54) is 0 Å². The van der Waals surface area contributed by atoms with Gasteiger partial charge in [0.1, 0.15) is 23.4 Å². The second-order valence-corrected chi connectivity index (χ2v) is 8.66. The van der Waals surface area contributed by atoms with Gasteiger partial charge in [0.05, 0.1) is 0 Å². The lowest BCUT2D eigenvalue weighted by Gasteiger charge is -2.27. The number of aromatic nitrogens is 1. The number of carboxylic acids is 1. The van der Waals surface area contributed by atoms with Gasteiger partial charge in [0.15, 0.2) is 0 Å². The molecule has 1 atom stereocenters. The predicted molar refractivity (Wildman–Crippen MR) is 125 cm³/mol. The number of nitrogens with zero attached hydrogens (tertiary/aromatic N) is 2. The number of carbonyl (C=O) groups is 1.